The van der Waals surface area contributed by atoms with Crippen molar-refractivity contribution < 1.29 is 22.5 Å². The number of benzene rings is 2. The summed E-state index contributed by atoms with van der Waals surface area (Å²) in [7, 11) is 0. The van der Waals surface area contributed by atoms with Gasteiger partial charge < -0.3 is 9.84 Å². The number of halogens is 3. The lowest BCUT2D eigenvalue weighted by Crippen LogP contribution is -2.28. The number of rotatable bonds is 4. The Morgan fingerprint density at radius 1 is 1.08 bits per heavy atom. The molecule has 3 rings (SSSR count). The first-order chi connectivity index (χ1) is 12.0. The first-order valence-corrected chi connectivity index (χ1v) is 7.30. The predicted molar refractivity (Wildman–Crippen MR) is 81.9 cm³/mol. The van der Waals surface area contributed by atoms with Crippen molar-refractivity contribution in [2.75, 3.05) is 0 Å². The monoisotopic (exact) mass is 347 g/mol. The molecule has 0 fully saturated rings. The zero-order valence-electron chi connectivity index (χ0n) is 13.0. The van der Waals surface area contributed by atoms with E-state index in [1.165, 1.54) is 31.2 Å². The number of hydrogen-bond donors (Lipinski definition) is 1. The van der Waals surface area contributed by atoms with Crippen LogP contribution in [0.15, 0.2) is 47.0 Å². The Balaban J connectivity index is 1.77. The van der Waals surface area contributed by atoms with Crippen molar-refractivity contribution in [2.24, 2.45) is 0 Å². The highest BCUT2D eigenvalue weighted by Gasteiger charge is 2.22. The predicted octanol–water partition coefficient (Wildman–Crippen LogP) is 3.64. The molecule has 0 aliphatic heterocycles. The van der Waals surface area contributed by atoms with Crippen LogP contribution in [-0.2, 0) is 0 Å². The molecule has 0 radical (unpaired) electrons. The first kappa shape index (κ1) is 16.7. The molecule has 1 unspecified atom stereocenters. The molecule has 0 spiro atoms. The molecular weight excluding hydrogens is 335 g/mol. The summed E-state index contributed by atoms with van der Waals surface area (Å²) in [5, 5.41) is 6.14. The van der Waals surface area contributed by atoms with Crippen molar-refractivity contribution in [1.29, 1.82) is 0 Å². The average molecular weight is 347 g/mol. The number of nitrogens with one attached hydrogen (secondary N) is 1. The van der Waals surface area contributed by atoms with Crippen LogP contribution in [0.25, 0.3) is 11.4 Å². The van der Waals surface area contributed by atoms with E-state index in [0.29, 0.717) is 5.56 Å². The van der Waals surface area contributed by atoms with Gasteiger partial charge in [-0.25, -0.2) is 13.2 Å². The Bertz CT molecular complexity index is 890. The first-order valence-electron chi connectivity index (χ1n) is 7.30. The Labute approximate surface area is 140 Å². The van der Waals surface area contributed by atoms with Gasteiger partial charge in [0.2, 0.25) is 11.7 Å². The van der Waals surface area contributed by atoms with Gasteiger partial charge >= 0.3 is 0 Å². The molecule has 1 heterocycles. The quantitative estimate of drug-likeness (QED) is 0.782. The van der Waals surface area contributed by atoms with Crippen molar-refractivity contribution >= 4 is 5.91 Å². The lowest BCUT2D eigenvalue weighted by Gasteiger charge is -2.10. The van der Waals surface area contributed by atoms with Crippen molar-refractivity contribution in [3.8, 4) is 11.4 Å². The SMILES string of the molecule is CC(NC(=O)c1c(F)cccc1F)c1nc(-c2ccc(F)cc2)no1. The summed E-state index contributed by atoms with van der Waals surface area (Å²) in [4.78, 5) is 16.2. The molecule has 8 heteroatoms. The van der Waals surface area contributed by atoms with Gasteiger partial charge in [0.25, 0.3) is 5.91 Å². The van der Waals surface area contributed by atoms with Crippen molar-refractivity contribution in [3.63, 3.8) is 0 Å². The van der Waals surface area contributed by atoms with Crippen LogP contribution in [-0.4, -0.2) is 16.0 Å². The number of hydrogen-bond acceptors (Lipinski definition) is 4. The van der Waals surface area contributed by atoms with E-state index in [-0.39, 0.29) is 11.7 Å². The summed E-state index contributed by atoms with van der Waals surface area (Å²) < 4.78 is 45.2. The minimum atomic E-state index is -0.970. The van der Waals surface area contributed by atoms with Gasteiger partial charge in [0.05, 0.1) is 0 Å². The lowest BCUT2D eigenvalue weighted by atomic mass is 10.1. The molecule has 0 bridgehead atoms. The molecule has 0 aliphatic rings. The maximum atomic E-state index is 13.6. The van der Waals surface area contributed by atoms with E-state index in [9.17, 15) is 18.0 Å². The smallest absolute Gasteiger partial charge is 0.257 e. The lowest BCUT2D eigenvalue weighted by molar-refractivity contribution is 0.0924. The molecule has 1 amide bonds. The third-order valence-electron chi connectivity index (χ3n) is 3.45. The number of aromatic nitrogens is 2. The number of carbonyl (C=O) groups is 1. The van der Waals surface area contributed by atoms with Gasteiger partial charge in [-0.05, 0) is 43.3 Å². The molecule has 1 atom stereocenters. The van der Waals surface area contributed by atoms with E-state index in [1.807, 2.05) is 0 Å². The molecule has 25 heavy (non-hydrogen) atoms. The fourth-order valence-corrected chi connectivity index (χ4v) is 2.17. The van der Waals surface area contributed by atoms with Gasteiger partial charge in [0, 0.05) is 5.56 Å². The molecule has 0 saturated heterocycles. The fourth-order valence-electron chi connectivity index (χ4n) is 2.17. The molecule has 1 aromatic heterocycles. The second kappa shape index (κ2) is 6.76. The standard InChI is InChI=1S/C17H12F3N3O2/c1-9(21-16(24)14-12(19)3-2-4-13(14)20)17-22-15(23-25-17)10-5-7-11(18)8-6-10/h2-9H,1H3,(H,21,24). The minimum absolute atomic E-state index is 0.0458. The Morgan fingerprint density at radius 3 is 2.36 bits per heavy atom. The fraction of sp³-hybridized carbons (Fsp3) is 0.118. The van der Waals surface area contributed by atoms with E-state index < -0.39 is 35.0 Å². The van der Waals surface area contributed by atoms with Crippen LogP contribution in [0.1, 0.15) is 29.2 Å². The maximum Gasteiger partial charge on any atom is 0.257 e. The second-order valence-electron chi connectivity index (χ2n) is 5.25. The molecule has 2 aromatic carbocycles. The minimum Gasteiger partial charge on any atom is -0.340 e. The molecule has 3 aromatic rings. The zero-order valence-corrected chi connectivity index (χ0v) is 13.0. The zero-order chi connectivity index (χ0) is 18.0. The van der Waals surface area contributed by atoms with Crippen LogP contribution < -0.4 is 5.32 Å². The molecule has 5 nitrogen and oxygen atoms in total. The number of nitrogens with zero attached hydrogens (tertiary/aromatic N) is 2. The van der Waals surface area contributed by atoms with E-state index in [1.54, 1.807) is 0 Å². The third kappa shape index (κ3) is 3.52. The largest absolute Gasteiger partial charge is 0.340 e. The Hall–Kier alpha value is -3.16. The van der Waals surface area contributed by atoms with Crippen LogP contribution >= 0.6 is 0 Å². The summed E-state index contributed by atoms with van der Waals surface area (Å²) in [6.07, 6.45) is 0. The normalized spacial score (nSPS) is 12.0. The molecule has 0 saturated carbocycles. The van der Waals surface area contributed by atoms with Gasteiger partial charge in [-0.2, -0.15) is 4.98 Å². The summed E-state index contributed by atoms with van der Waals surface area (Å²) in [5.41, 5.74) is -0.164. The van der Waals surface area contributed by atoms with Gasteiger partial charge in [-0.1, -0.05) is 11.2 Å². The van der Waals surface area contributed by atoms with Gasteiger partial charge in [0.1, 0.15) is 29.1 Å². The van der Waals surface area contributed by atoms with E-state index in [0.717, 1.165) is 18.2 Å². The van der Waals surface area contributed by atoms with Gasteiger partial charge in [0.15, 0.2) is 0 Å². The summed E-state index contributed by atoms with van der Waals surface area (Å²) in [6, 6.07) is 7.80. The van der Waals surface area contributed by atoms with Crippen molar-refractivity contribution in [1.82, 2.24) is 15.5 Å². The summed E-state index contributed by atoms with van der Waals surface area (Å²) >= 11 is 0. The number of amides is 1. The maximum absolute atomic E-state index is 13.6. The van der Waals surface area contributed by atoms with Crippen LogP contribution in [0.2, 0.25) is 0 Å². The number of carbonyl (C=O) groups excluding carboxylic acids is 1. The van der Waals surface area contributed by atoms with E-state index >= 15 is 0 Å². The Kier molecular flexibility index (Phi) is 4.51. The molecule has 0 aliphatic carbocycles. The Morgan fingerprint density at radius 2 is 1.72 bits per heavy atom. The van der Waals surface area contributed by atoms with Crippen molar-refractivity contribution in [3.05, 3.63) is 71.4 Å². The highest BCUT2D eigenvalue weighted by Crippen LogP contribution is 2.20. The van der Waals surface area contributed by atoms with E-state index in [2.05, 4.69) is 15.5 Å². The average Bonchev–Trinajstić information content (AvgIpc) is 3.05. The van der Waals surface area contributed by atoms with Gasteiger partial charge in [-0.15, -0.1) is 0 Å². The van der Waals surface area contributed by atoms with Crippen LogP contribution in [0.4, 0.5) is 13.2 Å². The van der Waals surface area contributed by atoms with E-state index in [4.69, 9.17) is 4.52 Å². The second-order valence-corrected chi connectivity index (χ2v) is 5.25. The molecular formula is C17H12F3N3O2. The third-order valence-corrected chi connectivity index (χ3v) is 3.45. The highest BCUT2D eigenvalue weighted by atomic mass is 19.1. The highest BCUT2D eigenvalue weighted by molar-refractivity contribution is 5.94. The van der Waals surface area contributed by atoms with Crippen LogP contribution in [0.3, 0.4) is 0 Å². The topological polar surface area (TPSA) is 68.0 Å². The molecule has 1 N–H and O–H groups in total. The summed E-state index contributed by atoms with van der Waals surface area (Å²) in [6.45, 7) is 1.53. The van der Waals surface area contributed by atoms with Crippen LogP contribution in [0.5, 0.6) is 0 Å². The van der Waals surface area contributed by atoms with Gasteiger partial charge in [-0.3, -0.25) is 4.79 Å². The van der Waals surface area contributed by atoms with Crippen LogP contribution in [0, 0.1) is 17.5 Å². The van der Waals surface area contributed by atoms with Crippen molar-refractivity contribution in [2.45, 2.75) is 13.0 Å². The molecule has 128 valence electrons. The summed E-state index contributed by atoms with van der Waals surface area (Å²) in [5.74, 6) is -3.04.